The first-order valence-corrected chi connectivity index (χ1v) is 7.90. The Labute approximate surface area is 133 Å². The summed E-state index contributed by atoms with van der Waals surface area (Å²) in [4.78, 5) is 19.6. The number of aryl methyl sites for hydroxylation is 1. The summed E-state index contributed by atoms with van der Waals surface area (Å²) < 4.78 is 0. The van der Waals surface area contributed by atoms with Crippen LogP contribution in [0.2, 0.25) is 0 Å². The summed E-state index contributed by atoms with van der Waals surface area (Å²) in [7, 11) is 0. The molecule has 22 heavy (non-hydrogen) atoms. The molecule has 0 atom stereocenters. The Morgan fingerprint density at radius 2 is 2.00 bits per heavy atom. The summed E-state index contributed by atoms with van der Waals surface area (Å²) in [6.45, 7) is 4.38. The number of nitrogens with one attached hydrogen (secondary N) is 2. The summed E-state index contributed by atoms with van der Waals surface area (Å²) >= 11 is 1.13. The highest BCUT2D eigenvalue weighted by molar-refractivity contribution is 8.13. The van der Waals surface area contributed by atoms with Gasteiger partial charge >= 0.3 is 0 Å². The molecule has 1 heterocycles. The van der Waals surface area contributed by atoms with E-state index >= 15 is 0 Å². The molecule has 0 aliphatic carbocycles. The Balaban J connectivity index is 1.64. The lowest BCUT2D eigenvalue weighted by Gasteiger charge is -2.10. The maximum atomic E-state index is 12.1. The molecule has 3 aromatic rings. The van der Waals surface area contributed by atoms with Gasteiger partial charge in [0.25, 0.3) is 0 Å². The minimum Gasteiger partial charge on any atom is -0.377 e. The van der Waals surface area contributed by atoms with Gasteiger partial charge < -0.3 is 10.3 Å². The second kappa shape index (κ2) is 6.23. The molecule has 0 aliphatic heterocycles. The molecule has 0 fully saturated rings. The maximum absolute atomic E-state index is 12.1. The second-order valence-electron chi connectivity index (χ2n) is 5.13. The number of benzene rings is 2. The second-order valence-corrected chi connectivity index (χ2v) is 6.18. The van der Waals surface area contributed by atoms with Crippen LogP contribution in [0.25, 0.3) is 11.0 Å². The molecule has 0 spiro atoms. The topological polar surface area (TPSA) is 57.8 Å². The minimum absolute atomic E-state index is 0.0277. The number of carbonyl (C=O) groups is 1. The van der Waals surface area contributed by atoms with Gasteiger partial charge in [0, 0.05) is 5.69 Å². The molecule has 0 radical (unpaired) electrons. The van der Waals surface area contributed by atoms with E-state index in [0.29, 0.717) is 5.16 Å². The minimum atomic E-state index is 0.0277. The number of hydrogen-bond donors (Lipinski definition) is 2. The summed E-state index contributed by atoms with van der Waals surface area (Å²) in [5.41, 5.74) is 5.20. The highest BCUT2D eigenvalue weighted by Gasteiger charge is 2.10. The lowest BCUT2D eigenvalue weighted by molar-refractivity contribution is -0.109. The molecule has 0 saturated heterocycles. The predicted octanol–water partition coefficient (Wildman–Crippen LogP) is 3.91. The number of thioether (sulfide) groups is 1. The zero-order chi connectivity index (χ0) is 15.5. The highest BCUT2D eigenvalue weighted by atomic mass is 32.2. The number of nitrogens with zero attached hydrogens (tertiary/aromatic N) is 1. The normalized spacial score (nSPS) is 10.8. The number of aromatic nitrogens is 2. The van der Waals surface area contributed by atoms with Crippen LogP contribution >= 0.6 is 11.8 Å². The van der Waals surface area contributed by atoms with Crippen LogP contribution in [0.1, 0.15) is 11.1 Å². The van der Waals surface area contributed by atoms with Gasteiger partial charge in [-0.2, -0.15) is 0 Å². The fourth-order valence-corrected chi connectivity index (χ4v) is 2.90. The zero-order valence-corrected chi connectivity index (χ0v) is 13.3. The van der Waals surface area contributed by atoms with E-state index in [1.54, 1.807) is 0 Å². The molecule has 1 aromatic heterocycles. The average molecular weight is 311 g/mol. The number of hydrogen-bond acceptors (Lipinski definition) is 4. The number of anilines is 1. The highest BCUT2D eigenvalue weighted by Crippen LogP contribution is 2.21. The molecule has 112 valence electrons. The molecular weight excluding hydrogens is 294 g/mol. The molecule has 0 aliphatic rings. The van der Waals surface area contributed by atoms with E-state index in [1.165, 1.54) is 11.1 Å². The van der Waals surface area contributed by atoms with Crippen molar-refractivity contribution in [3.63, 3.8) is 0 Å². The Kier molecular flexibility index (Phi) is 4.15. The molecule has 5 heteroatoms. The largest absolute Gasteiger partial charge is 0.377 e. The van der Waals surface area contributed by atoms with Crippen LogP contribution in [0.15, 0.2) is 47.6 Å². The molecular formula is C17H17N3OS. The van der Waals surface area contributed by atoms with Gasteiger partial charge in [0.15, 0.2) is 5.16 Å². The third-order valence-corrected chi connectivity index (χ3v) is 4.36. The van der Waals surface area contributed by atoms with Crippen molar-refractivity contribution in [2.75, 3.05) is 11.9 Å². The van der Waals surface area contributed by atoms with Crippen molar-refractivity contribution in [3.8, 4) is 0 Å². The van der Waals surface area contributed by atoms with E-state index in [1.807, 2.05) is 36.4 Å². The van der Waals surface area contributed by atoms with Crippen LogP contribution < -0.4 is 5.32 Å². The summed E-state index contributed by atoms with van der Waals surface area (Å²) in [6.07, 6.45) is 0. The quantitative estimate of drug-likeness (QED) is 0.717. The van der Waals surface area contributed by atoms with Gasteiger partial charge in [0.1, 0.15) is 0 Å². The third-order valence-electron chi connectivity index (χ3n) is 3.61. The standard InChI is InChI=1S/C17H17N3OS/c1-11-6-5-9-13(12(11)2)18-10-16(21)22-17-19-14-7-3-4-8-15(14)20-17/h3-9,18H,10H2,1-2H3,(H,19,20). The average Bonchev–Trinajstić information content (AvgIpc) is 2.91. The van der Waals surface area contributed by atoms with Crippen molar-refractivity contribution in [2.24, 2.45) is 0 Å². The fraction of sp³-hybridized carbons (Fsp3) is 0.176. The Hall–Kier alpha value is -2.27. The van der Waals surface area contributed by atoms with Gasteiger partial charge in [-0.05, 0) is 54.9 Å². The van der Waals surface area contributed by atoms with Crippen molar-refractivity contribution in [1.82, 2.24) is 9.97 Å². The van der Waals surface area contributed by atoms with E-state index in [-0.39, 0.29) is 11.7 Å². The van der Waals surface area contributed by atoms with E-state index in [4.69, 9.17) is 0 Å². The van der Waals surface area contributed by atoms with Crippen LogP contribution in [0.4, 0.5) is 5.69 Å². The Morgan fingerprint density at radius 1 is 1.18 bits per heavy atom. The Bertz CT molecular complexity index is 793. The molecule has 0 bridgehead atoms. The van der Waals surface area contributed by atoms with Gasteiger partial charge in [-0.3, -0.25) is 4.79 Å². The van der Waals surface area contributed by atoms with Gasteiger partial charge in [-0.1, -0.05) is 24.3 Å². The molecule has 0 saturated carbocycles. The van der Waals surface area contributed by atoms with E-state index in [9.17, 15) is 4.79 Å². The van der Waals surface area contributed by atoms with Crippen LogP contribution in [0, 0.1) is 13.8 Å². The number of imidazole rings is 1. The number of fused-ring (bicyclic) bond motifs is 1. The van der Waals surface area contributed by atoms with Crippen LogP contribution in [0.3, 0.4) is 0 Å². The van der Waals surface area contributed by atoms with Crippen molar-refractivity contribution in [3.05, 3.63) is 53.6 Å². The van der Waals surface area contributed by atoms with E-state index in [2.05, 4.69) is 35.2 Å². The number of rotatable bonds is 4. The first-order chi connectivity index (χ1) is 10.6. The first-order valence-electron chi connectivity index (χ1n) is 7.09. The molecule has 3 rings (SSSR count). The number of aromatic amines is 1. The summed E-state index contributed by atoms with van der Waals surface area (Å²) in [5, 5.41) is 3.86. The molecule has 4 nitrogen and oxygen atoms in total. The monoisotopic (exact) mass is 311 g/mol. The first kappa shape index (κ1) is 14.7. The predicted molar refractivity (Wildman–Crippen MR) is 91.4 cm³/mol. The van der Waals surface area contributed by atoms with Crippen molar-refractivity contribution in [2.45, 2.75) is 19.0 Å². The van der Waals surface area contributed by atoms with Gasteiger partial charge in [-0.25, -0.2) is 4.98 Å². The lowest BCUT2D eigenvalue weighted by atomic mass is 10.1. The van der Waals surface area contributed by atoms with Gasteiger partial charge in [0.05, 0.1) is 17.6 Å². The van der Waals surface area contributed by atoms with E-state index < -0.39 is 0 Å². The van der Waals surface area contributed by atoms with Crippen molar-refractivity contribution in [1.29, 1.82) is 0 Å². The third kappa shape index (κ3) is 3.14. The fourth-order valence-electron chi connectivity index (χ4n) is 2.23. The molecule has 0 unspecified atom stereocenters. The molecule has 2 N–H and O–H groups in total. The van der Waals surface area contributed by atoms with Crippen LogP contribution in [-0.4, -0.2) is 21.6 Å². The van der Waals surface area contributed by atoms with Crippen LogP contribution in [-0.2, 0) is 4.79 Å². The SMILES string of the molecule is Cc1cccc(NCC(=O)Sc2nc3ccccc3[nH]2)c1C. The van der Waals surface area contributed by atoms with Gasteiger partial charge in [-0.15, -0.1) is 0 Å². The summed E-state index contributed by atoms with van der Waals surface area (Å²) in [5.74, 6) is 0. The van der Waals surface area contributed by atoms with Crippen LogP contribution in [0.5, 0.6) is 0 Å². The summed E-state index contributed by atoms with van der Waals surface area (Å²) in [6, 6.07) is 13.8. The maximum Gasteiger partial charge on any atom is 0.215 e. The number of H-pyrrole nitrogens is 1. The number of carbonyl (C=O) groups excluding carboxylic acids is 1. The lowest BCUT2D eigenvalue weighted by Crippen LogP contribution is -2.11. The smallest absolute Gasteiger partial charge is 0.215 e. The zero-order valence-electron chi connectivity index (χ0n) is 12.5. The molecule has 0 amide bonds. The van der Waals surface area contributed by atoms with E-state index in [0.717, 1.165) is 28.5 Å². The van der Waals surface area contributed by atoms with Gasteiger partial charge in [0.2, 0.25) is 5.12 Å². The molecule has 2 aromatic carbocycles. The van der Waals surface area contributed by atoms with Crippen molar-refractivity contribution >= 4 is 33.6 Å². The number of para-hydroxylation sites is 2. The Morgan fingerprint density at radius 3 is 2.82 bits per heavy atom. The van der Waals surface area contributed by atoms with Crippen molar-refractivity contribution < 1.29 is 4.79 Å².